The van der Waals surface area contributed by atoms with Crippen molar-refractivity contribution in [1.82, 2.24) is 9.69 Å². The maximum absolute atomic E-state index is 6.15. The number of hydrogen-bond donors (Lipinski definition) is 1. The first kappa shape index (κ1) is 13.5. The molecule has 0 unspecified atom stereocenters. The Kier molecular flexibility index (Phi) is 5.13. The molecular weight excluding hydrogens is 268 g/mol. The lowest BCUT2D eigenvalue weighted by atomic mass is 10.1. The first-order chi connectivity index (χ1) is 8.81. The smallest absolute Gasteiger partial charge is 0.0858 e. The summed E-state index contributed by atoms with van der Waals surface area (Å²) < 4.78 is 9.41. The molecule has 0 fully saturated rings. The summed E-state index contributed by atoms with van der Waals surface area (Å²) in [5.74, 6) is 0. The zero-order valence-corrected chi connectivity index (χ0v) is 11.7. The van der Waals surface area contributed by atoms with E-state index in [4.69, 9.17) is 16.3 Å². The predicted molar refractivity (Wildman–Crippen MR) is 76.1 cm³/mol. The van der Waals surface area contributed by atoms with Gasteiger partial charge in [-0.15, -0.1) is 0 Å². The first-order valence-corrected chi connectivity index (χ1v) is 6.86. The van der Waals surface area contributed by atoms with Crippen LogP contribution in [0.25, 0.3) is 11.3 Å². The van der Waals surface area contributed by atoms with Crippen molar-refractivity contribution < 1.29 is 4.74 Å². The van der Waals surface area contributed by atoms with E-state index in [0.29, 0.717) is 0 Å². The van der Waals surface area contributed by atoms with E-state index >= 15 is 0 Å². The van der Waals surface area contributed by atoms with Crippen LogP contribution in [0.3, 0.4) is 0 Å². The molecule has 1 aromatic heterocycles. The summed E-state index contributed by atoms with van der Waals surface area (Å²) in [5.41, 5.74) is 1.92. The Balaban J connectivity index is 2.00. The standard InChI is InChI=1S/C13H15ClN2OS/c1-17-7-6-15-9-10-8-13(16-18-10)11-4-2-3-5-12(11)14/h2-5,8,15H,6-7,9H2,1H3. The molecule has 1 aromatic carbocycles. The maximum Gasteiger partial charge on any atom is 0.0858 e. The average Bonchev–Trinajstić information content (AvgIpc) is 2.84. The van der Waals surface area contributed by atoms with Crippen molar-refractivity contribution in [3.8, 4) is 11.3 Å². The number of methoxy groups -OCH3 is 1. The summed E-state index contributed by atoms with van der Waals surface area (Å²) in [4.78, 5) is 1.20. The average molecular weight is 283 g/mol. The van der Waals surface area contributed by atoms with Crippen LogP contribution in [0.5, 0.6) is 0 Å². The van der Waals surface area contributed by atoms with Gasteiger partial charge in [-0.1, -0.05) is 29.8 Å². The molecule has 0 amide bonds. The van der Waals surface area contributed by atoms with Crippen LogP contribution in [-0.4, -0.2) is 24.6 Å². The number of nitrogens with one attached hydrogen (secondary N) is 1. The first-order valence-electron chi connectivity index (χ1n) is 5.71. The van der Waals surface area contributed by atoms with Gasteiger partial charge in [-0.25, -0.2) is 0 Å². The van der Waals surface area contributed by atoms with Crippen molar-refractivity contribution in [2.75, 3.05) is 20.3 Å². The van der Waals surface area contributed by atoms with E-state index in [2.05, 4.69) is 15.8 Å². The maximum atomic E-state index is 6.15. The monoisotopic (exact) mass is 282 g/mol. The molecule has 0 bridgehead atoms. The van der Waals surface area contributed by atoms with Gasteiger partial charge in [0.15, 0.2) is 0 Å². The number of hydrogen-bond acceptors (Lipinski definition) is 4. The van der Waals surface area contributed by atoms with E-state index in [0.717, 1.165) is 36.0 Å². The number of ether oxygens (including phenoxy) is 1. The van der Waals surface area contributed by atoms with Crippen LogP contribution >= 0.6 is 23.1 Å². The van der Waals surface area contributed by atoms with Crippen molar-refractivity contribution in [2.45, 2.75) is 6.54 Å². The van der Waals surface area contributed by atoms with Gasteiger partial charge < -0.3 is 10.1 Å². The van der Waals surface area contributed by atoms with Crippen LogP contribution in [0.1, 0.15) is 4.88 Å². The fourth-order valence-corrected chi connectivity index (χ4v) is 2.51. The van der Waals surface area contributed by atoms with E-state index in [1.54, 1.807) is 7.11 Å². The quantitative estimate of drug-likeness (QED) is 0.826. The summed E-state index contributed by atoms with van der Waals surface area (Å²) in [7, 11) is 1.70. The molecule has 96 valence electrons. The summed E-state index contributed by atoms with van der Waals surface area (Å²) >= 11 is 7.65. The Morgan fingerprint density at radius 1 is 1.39 bits per heavy atom. The lowest BCUT2D eigenvalue weighted by Crippen LogP contribution is -2.17. The van der Waals surface area contributed by atoms with E-state index in [-0.39, 0.29) is 0 Å². The highest BCUT2D eigenvalue weighted by atomic mass is 35.5. The normalized spacial score (nSPS) is 10.8. The summed E-state index contributed by atoms with van der Waals surface area (Å²) in [6, 6.07) is 9.83. The van der Waals surface area contributed by atoms with Gasteiger partial charge in [0.05, 0.1) is 12.3 Å². The minimum atomic E-state index is 0.718. The molecule has 0 saturated carbocycles. The summed E-state index contributed by atoms with van der Waals surface area (Å²) in [6.07, 6.45) is 0. The number of benzene rings is 1. The number of aromatic nitrogens is 1. The van der Waals surface area contributed by atoms with E-state index in [1.165, 1.54) is 16.4 Å². The molecule has 0 atom stereocenters. The Morgan fingerprint density at radius 2 is 2.22 bits per heavy atom. The van der Waals surface area contributed by atoms with Gasteiger partial charge in [-0.05, 0) is 23.7 Å². The SMILES string of the molecule is COCCNCc1cc(-c2ccccc2Cl)ns1. The Morgan fingerprint density at radius 3 is 3.00 bits per heavy atom. The molecule has 0 aliphatic carbocycles. The predicted octanol–water partition coefficient (Wildman–Crippen LogP) is 3.20. The lowest BCUT2D eigenvalue weighted by molar-refractivity contribution is 0.199. The van der Waals surface area contributed by atoms with Gasteiger partial charge in [0.2, 0.25) is 0 Å². The van der Waals surface area contributed by atoms with E-state index in [1.807, 2.05) is 24.3 Å². The van der Waals surface area contributed by atoms with Gasteiger partial charge in [-0.2, -0.15) is 4.37 Å². The molecule has 1 N–H and O–H groups in total. The van der Waals surface area contributed by atoms with Crippen LogP contribution in [0, 0.1) is 0 Å². The fraction of sp³-hybridized carbons (Fsp3) is 0.308. The third kappa shape index (κ3) is 3.53. The highest BCUT2D eigenvalue weighted by Gasteiger charge is 2.07. The second-order valence-electron chi connectivity index (χ2n) is 3.83. The molecule has 2 rings (SSSR count). The van der Waals surface area contributed by atoms with Crippen molar-refractivity contribution in [3.63, 3.8) is 0 Å². The molecule has 0 aliphatic rings. The zero-order valence-electron chi connectivity index (χ0n) is 10.1. The van der Waals surface area contributed by atoms with Crippen molar-refractivity contribution in [2.24, 2.45) is 0 Å². The Labute approximate surface area is 116 Å². The number of rotatable bonds is 6. The molecular formula is C13H15ClN2OS. The molecule has 0 aliphatic heterocycles. The molecule has 0 radical (unpaired) electrons. The Hall–Kier alpha value is -0.940. The topological polar surface area (TPSA) is 34.1 Å². The molecule has 5 heteroatoms. The second-order valence-corrected chi connectivity index (χ2v) is 5.12. The third-order valence-corrected chi connectivity index (χ3v) is 3.61. The largest absolute Gasteiger partial charge is 0.383 e. The van der Waals surface area contributed by atoms with Gasteiger partial charge in [-0.3, -0.25) is 0 Å². The minimum Gasteiger partial charge on any atom is -0.383 e. The highest BCUT2D eigenvalue weighted by Crippen LogP contribution is 2.28. The van der Waals surface area contributed by atoms with Crippen molar-refractivity contribution in [1.29, 1.82) is 0 Å². The van der Waals surface area contributed by atoms with Crippen LogP contribution in [0.4, 0.5) is 0 Å². The van der Waals surface area contributed by atoms with Crippen LogP contribution < -0.4 is 5.32 Å². The van der Waals surface area contributed by atoms with Gasteiger partial charge >= 0.3 is 0 Å². The van der Waals surface area contributed by atoms with E-state index in [9.17, 15) is 0 Å². The van der Waals surface area contributed by atoms with Crippen LogP contribution in [0.2, 0.25) is 5.02 Å². The third-order valence-electron chi connectivity index (χ3n) is 2.49. The Bertz CT molecular complexity index is 501. The summed E-state index contributed by atoms with van der Waals surface area (Å²) in [5, 5.41) is 4.03. The highest BCUT2D eigenvalue weighted by molar-refractivity contribution is 7.06. The molecule has 0 saturated heterocycles. The lowest BCUT2D eigenvalue weighted by Gasteiger charge is -2.00. The molecule has 3 nitrogen and oxygen atoms in total. The van der Waals surface area contributed by atoms with Gasteiger partial charge in [0.1, 0.15) is 0 Å². The van der Waals surface area contributed by atoms with Gasteiger partial charge in [0.25, 0.3) is 0 Å². The van der Waals surface area contributed by atoms with E-state index < -0.39 is 0 Å². The second kappa shape index (κ2) is 6.85. The molecule has 0 spiro atoms. The molecule has 2 aromatic rings. The number of nitrogens with zero attached hydrogens (tertiary/aromatic N) is 1. The van der Waals surface area contributed by atoms with Crippen molar-refractivity contribution in [3.05, 3.63) is 40.2 Å². The molecule has 1 heterocycles. The van der Waals surface area contributed by atoms with Crippen LogP contribution in [0.15, 0.2) is 30.3 Å². The van der Waals surface area contributed by atoms with Crippen LogP contribution in [-0.2, 0) is 11.3 Å². The summed E-state index contributed by atoms with van der Waals surface area (Å²) in [6.45, 7) is 2.37. The minimum absolute atomic E-state index is 0.718. The molecule has 18 heavy (non-hydrogen) atoms. The van der Waals surface area contributed by atoms with Crippen molar-refractivity contribution >= 4 is 23.1 Å². The zero-order chi connectivity index (χ0) is 12.8. The van der Waals surface area contributed by atoms with Gasteiger partial charge in [0, 0.05) is 35.7 Å². The number of halogens is 1. The fourth-order valence-electron chi connectivity index (χ4n) is 1.58.